The summed E-state index contributed by atoms with van der Waals surface area (Å²) in [5, 5.41) is 0. The van der Waals surface area contributed by atoms with Gasteiger partial charge in [-0.05, 0) is 18.8 Å². The van der Waals surface area contributed by atoms with Crippen molar-refractivity contribution in [2.24, 2.45) is 5.92 Å². The minimum atomic E-state index is -1.21. The molecule has 0 bridgehead atoms. The highest BCUT2D eigenvalue weighted by molar-refractivity contribution is 5.26. The third-order valence-corrected chi connectivity index (χ3v) is 2.13. The predicted octanol–water partition coefficient (Wildman–Crippen LogP) is 2.89. The third-order valence-electron chi connectivity index (χ3n) is 2.13. The van der Waals surface area contributed by atoms with Crippen molar-refractivity contribution in [2.75, 3.05) is 6.61 Å². The number of rotatable bonds is 3. The molecule has 0 radical (unpaired) electrons. The highest BCUT2D eigenvalue weighted by Gasteiger charge is 2.23. The normalized spacial score (nSPS) is 15.6. The number of benzene rings is 1. The maximum absolute atomic E-state index is 13.0. The van der Waals surface area contributed by atoms with E-state index in [9.17, 15) is 13.2 Å². The summed E-state index contributed by atoms with van der Waals surface area (Å²) >= 11 is 0. The van der Waals surface area contributed by atoms with Gasteiger partial charge in [-0.3, -0.25) is 0 Å². The molecule has 0 saturated heterocycles. The van der Waals surface area contributed by atoms with Crippen LogP contribution in [0, 0.1) is 23.4 Å². The molecule has 1 aliphatic rings. The lowest BCUT2D eigenvalue weighted by Crippen LogP contribution is -2.02. The number of hydrogen-bond acceptors (Lipinski definition) is 1. The summed E-state index contributed by atoms with van der Waals surface area (Å²) in [7, 11) is 0. The van der Waals surface area contributed by atoms with E-state index in [2.05, 4.69) is 0 Å². The Kier molecular flexibility index (Phi) is 2.35. The maximum atomic E-state index is 13.0. The van der Waals surface area contributed by atoms with Crippen molar-refractivity contribution >= 4 is 0 Å². The van der Waals surface area contributed by atoms with Crippen molar-refractivity contribution in [3.05, 3.63) is 29.6 Å². The van der Waals surface area contributed by atoms with E-state index < -0.39 is 17.5 Å². The van der Waals surface area contributed by atoms with Crippen LogP contribution in [-0.4, -0.2) is 6.61 Å². The van der Waals surface area contributed by atoms with Crippen molar-refractivity contribution in [2.45, 2.75) is 12.8 Å². The summed E-state index contributed by atoms with van der Waals surface area (Å²) in [5.74, 6) is -3.08. The SMILES string of the molecule is Fc1cc(F)c(F)c(OCC2CC2)c1. The van der Waals surface area contributed by atoms with Gasteiger partial charge in [-0.1, -0.05) is 0 Å². The molecule has 1 aromatic carbocycles. The van der Waals surface area contributed by atoms with Crippen LogP contribution in [0.1, 0.15) is 12.8 Å². The Balaban J connectivity index is 2.13. The Bertz CT molecular complexity index is 347. The van der Waals surface area contributed by atoms with E-state index in [4.69, 9.17) is 4.74 Å². The van der Waals surface area contributed by atoms with Crippen molar-refractivity contribution in [3.63, 3.8) is 0 Å². The third kappa shape index (κ3) is 2.00. The monoisotopic (exact) mass is 202 g/mol. The molecule has 0 unspecified atom stereocenters. The first kappa shape index (κ1) is 9.37. The van der Waals surface area contributed by atoms with Gasteiger partial charge < -0.3 is 4.74 Å². The molecule has 0 heterocycles. The molecule has 1 aliphatic carbocycles. The summed E-state index contributed by atoms with van der Waals surface area (Å²) in [6.45, 7) is 0.333. The molecule has 1 nitrogen and oxygen atoms in total. The van der Waals surface area contributed by atoms with E-state index in [0.717, 1.165) is 18.9 Å². The maximum Gasteiger partial charge on any atom is 0.200 e. The molecule has 14 heavy (non-hydrogen) atoms. The van der Waals surface area contributed by atoms with Crippen LogP contribution in [0.25, 0.3) is 0 Å². The molecule has 2 rings (SSSR count). The van der Waals surface area contributed by atoms with E-state index in [-0.39, 0.29) is 5.75 Å². The summed E-state index contributed by atoms with van der Waals surface area (Å²) in [4.78, 5) is 0. The molecular formula is C10H9F3O. The van der Waals surface area contributed by atoms with Crippen LogP contribution in [0.2, 0.25) is 0 Å². The Morgan fingerprint density at radius 3 is 2.57 bits per heavy atom. The molecule has 4 heteroatoms. The minimum absolute atomic E-state index is 0.333. The molecule has 0 aromatic heterocycles. The fourth-order valence-electron chi connectivity index (χ4n) is 1.13. The van der Waals surface area contributed by atoms with Gasteiger partial charge in [0.25, 0.3) is 0 Å². The molecule has 0 aliphatic heterocycles. The molecule has 0 N–H and O–H groups in total. The zero-order valence-corrected chi connectivity index (χ0v) is 7.40. The van der Waals surface area contributed by atoms with Crippen LogP contribution in [0.3, 0.4) is 0 Å². The van der Waals surface area contributed by atoms with Crippen LogP contribution in [0.4, 0.5) is 13.2 Å². The van der Waals surface area contributed by atoms with Gasteiger partial charge in [-0.25, -0.2) is 8.78 Å². The van der Waals surface area contributed by atoms with Gasteiger partial charge in [-0.15, -0.1) is 0 Å². The van der Waals surface area contributed by atoms with Gasteiger partial charge in [0.2, 0.25) is 5.82 Å². The van der Waals surface area contributed by atoms with Crippen LogP contribution in [0.5, 0.6) is 5.75 Å². The first-order valence-electron chi connectivity index (χ1n) is 4.44. The van der Waals surface area contributed by atoms with E-state index in [1.807, 2.05) is 0 Å². The van der Waals surface area contributed by atoms with Gasteiger partial charge in [-0.2, -0.15) is 4.39 Å². The van der Waals surface area contributed by atoms with Crippen molar-refractivity contribution in [3.8, 4) is 5.75 Å². The molecule has 76 valence electrons. The topological polar surface area (TPSA) is 9.23 Å². The van der Waals surface area contributed by atoms with E-state index in [1.165, 1.54) is 0 Å². The first-order valence-corrected chi connectivity index (χ1v) is 4.44. The largest absolute Gasteiger partial charge is 0.490 e. The lowest BCUT2D eigenvalue weighted by atomic mass is 10.3. The van der Waals surface area contributed by atoms with Crippen LogP contribution < -0.4 is 4.74 Å². The van der Waals surface area contributed by atoms with Crippen LogP contribution in [-0.2, 0) is 0 Å². The fourth-order valence-corrected chi connectivity index (χ4v) is 1.13. The van der Waals surface area contributed by atoms with E-state index >= 15 is 0 Å². The summed E-state index contributed by atoms with van der Waals surface area (Å²) in [5.41, 5.74) is 0. The Labute approximate surface area is 79.5 Å². The van der Waals surface area contributed by atoms with Crippen molar-refractivity contribution in [1.29, 1.82) is 0 Å². The average molecular weight is 202 g/mol. The zero-order valence-electron chi connectivity index (χ0n) is 7.40. The quantitative estimate of drug-likeness (QED) is 0.685. The minimum Gasteiger partial charge on any atom is -0.490 e. The molecule has 1 fully saturated rings. The lowest BCUT2D eigenvalue weighted by molar-refractivity contribution is 0.278. The molecule has 0 spiro atoms. The lowest BCUT2D eigenvalue weighted by Gasteiger charge is -2.06. The highest BCUT2D eigenvalue weighted by Crippen LogP contribution is 2.30. The first-order chi connectivity index (χ1) is 6.66. The van der Waals surface area contributed by atoms with Gasteiger partial charge >= 0.3 is 0 Å². The Morgan fingerprint density at radius 1 is 1.21 bits per heavy atom. The van der Waals surface area contributed by atoms with Gasteiger partial charge in [0.15, 0.2) is 11.6 Å². The number of hydrogen-bond donors (Lipinski definition) is 0. The average Bonchev–Trinajstić information content (AvgIpc) is 2.92. The predicted molar refractivity (Wildman–Crippen MR) is 44.5 cm³/mol. The van der Waals surface area contributed by atoms with E-state index in [0.29, 0.717) is 18.6 Å². The second-order valence-corrected chi connectivity index (χ2v) is 3.45. The van der Waals surface area contributed by atoms with Gasteiger partial charge in [0.05, 0.1) is 6.61 Å². The Hall–Kier alpha value is -1.19. The van der Waals surface area contributed by atoms with Crippen molar-refractivity contribution in [1.82, 2.24) is 0 Å². The summed E-state index contributed by atoms with van der Waals surface area (Å²) in [6.07, 6.45) is 2.08. The molecular weight excluding hydrogens is 193 g/mol. The number of halogens is 3. The second kappa shape index (κ2) is 3.52. The highest BCUT2D eigenvalue weighted by atomic mass is 19.2. The van der Waals surface area contributed by atoms with Crippen LogP contribution in [0.15, 0.2) is 12.1 Å². The fraction of sp³-hybridized carbons (Fsp3) is 0.400. The van der Waals surface area contributed by atoms with Gasteiger partial charge in [0, 0.05) is 12.1 Å². The number of ether oxygens (including phenoxy) is 1. The Morgan fingerprint density at radius 2 is 1.93 bits per heavy atom. The molecule has 1 aromatic rings. The summed E-state index contributed by atoms with van der Waals surface area (Å²) in [6, 6.07) is 1.36. The molecule has 1 saturated carbocycles. The molecule has 0 amide bonds. The smallest absolute Gasteiger partial charge is 0.200 e. The van der Waals surface area contributed by atoms with Crippen molar-refractivity contribution < 1.29 is 17.9 Å². The molecule has 0 atom stereocenters. The van der Waals surface area contributed by atoms with E-state index in [1.54, 1.807) is 0 Å². The van der Waals surface area contributed by atoms with Crippen LogP contribution >= 0.6 is 0 Å². The zero-order chi connectivity index (χ0) is 10.1. The summed E-state index contributed by atoms with van der Waals surface area (Å²) < 4.78 is 43.3. The second-order valence-electron chi connectivity index (χ2n) is 3.45. The van der Waals surface area contributed by atoms with Gasteiger partial charge in [0.1, 0.15) is 5.82 Å². The standard InChI is InChI=1S/C10H9F3O/c11-7-3-8(12)10(13)9(4-7)14-5-6-1-2-6/h3-4,6H,1-2,5H2.